The summed E-state index contributed by atoms with van der Waals surface area (Å²) >= 11 is 0. The van der Waals surface area contributed by atoms with E-state index in [0.717, 1.165) is 67.3 Å². The van der Waals surface area contributed by atoms with Gasteiger partial charge in [0.15, 0.2) is 0 Å². The Kier molecular flexibility index (Phi) is 18.7. The fraction of sp³-hybridized carbons (Fsp3) is 0.675. The van der Waals surface area contributed by atoms with Gasteiger partial charge in [0, 0.05) is 103 Å². The van der Waals surface area contributed by atoms with Crippen molar-refractivity contribution in [2.24, 2.45) is 0 Å². The number of hydrogen-bond acceptors (Lipinski definition) is 8. The number of nitrogens with one attached hydrogen (secondary N) is 1. The minimum atomic E-state index is -5.72. The van der Waals surface area contributed by atoms with Crippen LogP contribution < -0.4 is 15.1 Å². The number of benzene rings is 2. The molecule has 0 radical (unpaired) electrons. The molecule has 9 nitrogen and oxygen atoms in total. The Labute approximate surface area is 348 Å². The second-order valence-corrected chi connectivity index (χ2v) is 15.3. The third kappa shape index (κ3) is 15.9. The predicted molar refractivity (Wildman–Crippen MR) is 207 cm³/mol. The van der Waals surface area contributed by atoms with Crippen molar-refractivity contribution in [2.75, 3.05) is 88.3 Å². The highest BCUT2D eigenvalue weighted by Crippen LogP contribution is 2.37. The Bertz CT molecular complexity index is 1620. The van der Waals surface area contributed by atoms with E-state index in [-0.39, 0.29) is 20.5 Å². The summed E-state index contributed by atoms with van der Waals surface area (Å²) in [5, 5.41) is 10.9. The van der Waals surface area contributed by atoms with E-state index >= 15 is 0 Å². The smallest absolute Gasteiger partial charge is 0.426 e. The molecule has 4 fully saturated rings. The van der Waals surface area contributed by atoms with Crippen LogP contribution in [0.5, 0.6) is 0 Å². The lowest BCUT2D eigenvalue weighted by Gasteiger charge is -2.36. The highest BCUT2D eigenvalue weighted by molar-refractivity contribution is 5.68. The van der Waals surface area contributed by atoms with E-state index in [1.165, 1.54) is 55.8 Å². The summed E-state index contributed by atoms with van der Waals surface area (Å²) in [5.41, 5.74) is 7.77. The number of ether oxygens (including phenoxy) is 1. The van der Waals surface area contributed by atoms with Crippen molar-refractivity contribution >= 4 is 17.5 Å². The minimum absolute atomic E-state index is 0. The summed E-state index contributed by atoms with van der Waals surface area (Å²) in [6.45, 7) is 15.6. The van der Waals surface area contributed by atoms with Gasteiger partial charge in [-0.2, -0.15) is 52.7 Å². The molecular weight excluding hydrogens is 840 g/mol. The monoisotopic (exact) mass is 896 g/mol. The van der Waals surface area contributed by atoms with Gasteiger partial charge in [-0.15, -0.1) is 0 Å². The topological polar surface area (TPSA) is 74.8 Å². The second-order valence-electron chi connectivity index (χ2n) is 15.3. The summed E-state index contributed by atoms with van der Waals surface area (Å²) in [7, 11) is 0. The van der Waals surface area contributed by atoms with Crippen LogP contribution in [-0.2, 0) is 17.8 Å². The second kappa shape index (κ2) is 22.1. The molecule has 0 unspecified atom stereocenters. The first-order valence-electron chi connectivity index (χ1n) is 19.7. The Morgan fingerprint density at radius 3 is 1.33 bits per heavy atom. The van der Waals surface area contributed by atoms with Crippen molar-refractivity contribution in [3.05, 3.63) is 58.7 Å². The van der Waals surface area contributed by atoms with Crippen LogP contribution in [-0.4, -0.2) is 141 Å². The number of nitrogens with zero attached hydrogens (tertiary/aromatic N) is 5. The summed E-state index contributed by atoms with van der Waals surface area (Å²) in [6.07, 6.45) is -27.7. The molecule has 0 atom stereocenters. The molecule has 4 saturated heterocycles. The van der Waals surface area contributed by atoms with Crippen molar-refractivity contribution in [3.63, 3.8) is 0 Å². The Balaban J connectivity index is 0.000000280. The average molecular weight is 897 g/mol. The van der Waals surface area contributed by atoms with Gasteiger partial charge >= 0.3 is 30.8 Å². The maximum Gasteiger partial charge on any atom is 0.434 e. The number of piperazine rings is 2. The van der Waals surface area contributed by atoms with E-state index in [4.69, 9.17) is 5.11 Å². The molecule has 0 spiro atoms. The fourth-order valence-electron chi connectivity index (χ4n) is 7.24. The molecule has 4 aliphatic rings. The van der Waals surface area contributed by atoms with Crippen LogP contribution in [0.15, 0.2) is 36.4 Å². The summed E-state index contributed by atoms with van der Waals surface area (Å²) in [5.74, 6) is 0. The van der Waals surface area contributed by atoms with Gasteiger partial charge in [-0.25, -0.2) is 4.79 Å². The van der Waals surface area contributed by atoms with Crippen LogP contribution in [0.25, 0.3) is 0 Å². The molecule has 2 N–H and O–H groups in total. The number of aliphatic hydroxyl groups is 1. The average Bonchev–Trinajstić information content (AvgIpc) is 3.91. The standard InChI is InChI=1S/C20H25F6N3O2.C16H25N3.C3H2F6O.CH4/c1-14-4-5-15(16(12-14)28-6-2-3-7-28)13-27-8-10-29(11-9-27)18(30)31-17(19(21,22)23)20(24,25)26;1-14-4-5-15(13-18-10-6-17-7-11-18)16(12-14)19-8-2-3-9-19;4-2(5,6)1(10)3(7,8)9;/h4-5,12,17H,2-3,6-11,13H2,1H3;4-5,12,17H,2-3,6-11,13H2,1H3;1,10H;1H4. The third-order valence-electron chi connectivity index (χ3n) is 10.4. The first-order chi connectivity index (χ1) is 27.9. The number of aliphatic hydroxyl groups excluding tert-OH is 1. The zero-order valence-electron chi connectivity index (χ0n) is 33.4. The van der Waals surface area contributed by atoms with Crippen LogP contribution >= 0.6 is 0 Å². The molecular formula is C40H56F12N6O3. The summed E-state index contributed by atoms with van der Waals surface area (Å²) < 4.78 is 145. The van der Waals surface area contributed by atoms with Crippen molar-refractivity contribution in [3.8, 4) is 0 Å². The number of anilines is 2. The molecule has 1 amide bonds. The maximum absolute atomic E-state index is 12.6. The molecule has 6 rings (SSSR count). The quantitative estimate of drug-likeness (QED) is 0.269. The number of carbonyl (C=O) groups is 1. The molecule has 0 aromatic heterocycles. The molecule has 61 heavy (non-hydrogen) atoms. The van der Waals surface area contributed by atoms with Crippen LogP contribution in [0.3, 0.4) is 0 Å². The normalized spacial score (nSPS) is 18.4. The minimum Gasteiger partial charge on any atom is -0.426 e. The zero-order valence-corrected chi connectivity index (χ0v) is 33.4. The van der Waals surface area contributed by atoms with Crippen LogP contribution in [0.4, 0.5) is 68.9 Å². The van der Waals surface area contributed by atoms with Crippen molar-refractivity contribution in [2.45, 2.75) is 97.0 Å². The number of carbonyl (C=O) groups excluding carboxylic acids is 1. The molecule has 0 saturated carbocycles. The first kappa shape index (κ1) is 51.7. The molecule has 0 bridgehead atoms. The largest absolute Gasteiger partial charge is 0.434 e. The molecule has 2 aromatic rings. The number of halogens is 12. The van der Waals surface area contributed by atoms with Gasteiger partial charge in [0.2, 0.25) is 6.10 Å². The predicted octanol–water partition coefficient (Wildman–Crippen LogP) is 8.45. The van der Waals surface area contributed by atoms with Gasteiger partial charge in [-0.3, -0.25) is 9.80 Å². The highest BCUT2D eigenvalue weighted by Gasteiger charge is 2.60. The van der Waals surface area contributed by atoms with Crippen LogP contribution in [0.2, 0.25) is 0 Å². The molecule has 21 heteroatoms. The van der Waals surface area contributed by atoms with Gasteiger partial charge in [-0.05, 0) is 73.9 Å². The lowest BCUT2D eigenvalue weighted by atomic mass is 10.1. The number of amides is 1. The summed E-state index contributed by atoms with van der Waals surface area (Å²) in [6, 6.07) is 13.2. The SMILES string of the molecule is C.Cc1ccc(CN2CCN(C(=O)OC(C(F)(F)F)C(F)(F)F)CC2)c(N2CCCC2)c1.Cc1ccc(CN2CCNCC2)c(N2CCCC2)c1.OC(C(F)(F)F)C(F)(F)F. The first-order valence-corrected chi connectivity index (χ1v) is 19.7. The Morgan fingerprint density at radius 1 is 0.607 bits per heavy atom. The van der Waals surface area contributed by atoms with E-state index in [1.54, 1.807) is 0 Å². The Morgan fingerprint density at radius 2 is 0.984 bits per heavy atom. The van der Waals surface area contributed by atoms with Gasteiger partial charge < -0.3 is 29.9 Å². The number of aryl methyl sites for hydroxylation is 2. The number of alkyl halides is 12. The Hall–Kier alpha value is -3.69. The zero-order chi connectivity index (χ0) is 44.5. The molecule has 348 valence electrons. The third-order valence-corrected chi connectivity index (χ3v) is 10.4. The lowest BCUT2D eigenvalue weighted by molar-refractivity contribution is -0.309. The molecule has 2 aromatic carbocycles. The van der Waals surface area contributed by atoms with Gasteiger partial charge in [0.25, 0.3) is 6.10 Å². The van der Waals surface area contributed by atoms with Gasteiger partial charge in [0.05, 0.1) is 0 Å². The van der Waals surface area contributed by atoms with E-state index in [9.17, 15) is 57.5 Å². The van der Waals surface area contributed by atoms with Crippen LogP contribution in [0, 0.1) is 13.8 Å². The number of hydrogen-bond donors (Lipinski definition) is 2. The maximum atomic E-state index is 12.6. The molecule has 0 aliphatic carbocycles. The van der Waals surface area contributed by atoms with Crippen LogP contribution in [0.1, 0.15) is 55.4 Å². The van der Waals surface area contributed by atoms with E-state index in [1.807, 2.05) is 24.0 Å². The van der Waals surface area contributed by atoms with E-state index in [0.29, 0.717) is 19.6 Å². The fourth-order valence-corrected chi connectivity index (χ4v) is 7.24. The molecule has 4 aliphatic heterocycles. The van der Waals surface area contributed by atoms with Crippen molar-refractivity contribution in [1.82, 2.24) is 20.0 Å². The van der Waals surface area contributed by atoms with E-state index < -0.39 is 43.0 Å². The summed E-state index contributed by atoms with van der Waals surface area (Å²) in [4.78, 5) is 22.3. The van der Waals surface area contributed by atoms with Crippen molar-refractivity contribution < 1.29 is 67.3 Å². The van der Waals surface area contributed by atoms with Crippen molar-refractivity contribution in [1.29, 1.82) is 0 Å². The van der Waals surface area contributed by atoms with E-state index in [2.05, 4.69) is 55.9 Å². The number of rotatable bonds is 7. The highest BCUT2D eigenvalue weighted by atomic mass is 19.4. The van der Waals surface area contributed by atoms with Gasteiger partial charge in [0.1, 0.15) is 0 Å². The lowest BCUT2D eigenvalue weighted by Crippen LogP contribution is -2.52. The van der Waals surface area contributed by atoms with Gasteiger partial charge in [-0.1, -0.05) is 31.7 Å². The molecule has 4 heterocycles.